The van der Waals surface area contributed by atoms with Gasteiger partial charge in [0.2, 0.25) is 5.91 Å². The van der Waals surface area contributed by atoms with Crippen LogP contribution < -0.4 is 10.6 Å². The molecule has 5 heteroatoms. The molecule has 0 saturated carbocycles. The molecule has 92 valence electrons. The lowest BCUT2D eigenvalue weighted by Crippen LogP contribution is -2.07. The molecule has 0 bridgehead atoms. The normalized spacial score (nSPS) is 9.89. The third-order valence-corrected chi connectivity index (χ3v) is 2.45. The highest BCUT2D eigenvalue weighted by Gasteiger charge is 1.98. The molecule has 0 saturated heterocycles. The van der Waals surface area contributed by atoms with E-state index >= 15 is 0 Å². The molecule has 0 atom stereocenters. The molecule has 18 heavy (non-hydrogen) atoms. The molecule has 4 nitrogen and oxygen atoms in total. The maximum Gasteiger partial charge on any atom is 0.222 e. The van der Waals surface area contributed by atoms with Crippen LogP contribution in [0.25, 0.3) is 0 Å². The van der Waals surface area contributed by atoms with E-state index in [0.717, 1.165) is 11.4 Å². The molecule has 2 N–H and O–H groups in total. The van der Waals surface area contributed by atoms with Crippen LogP contribution in [0.15, 0.2) is 42.6 Å². The molecule has 0 fully saturated rings. The first-order valence-electron chi connectivity index (χ1n) is 5.40. The molecule has 1 aromatic heterocycles. The van der Waals surface area contributed by atoms with Crippen LogP contribution in [-0.4, -0.2) is 10.9 Å². The number of pyridine rings is 1. The summed E-state index contributed by atoms with van der Waals surface area (Å²) in [6.45, 7) is 1.45. The van der Waals surface area contributed by atoms with Gasteiger partial charge in [-0.25, -0.2) is 4.98 Å². The van der Waals surface area contributed by atoms with Crippen molar-refractivity contribution in [1.29, 1.82) is 0 Å². The molecule has 0 radical (unpaired) electrons. The van der Waals surface area contributed by atoms with Crippen molar-refractivity contribution in [2.75, 3.05) is 10.6 Å². The predicted molar refractivity (Wildman–Crippen MR) is 73.3 cm³/mol. The van der Waals surface area contributed by atoms with Gasteiger partial charge < -0.3 is 10.6 Å². The zero-order valence-electron chi connectivity index (χ0n) is 9.77. The van der Waals surface area contributed by atoms with Crippen LogP contribution in [0.1, 0.15) is 6.92 Å². The second-order valence-electron chi connectivity index (χ2n) is 3.75. The fraction of sp³-hybridized carbons (Fsp3) is 0.0769. The summed E-state index contributed by atoms with van der Waals surface area (Å²) in [5.74, 6) is 0.394. The Morgan fingerprint density at radius 3 is 2.33 bits per heavy atom. The van der Waals surface area contributed by atoms with Crippen LogP contribution >= 0.6 is 11.6 Å². The van der Waals surface area contributed by atoms with Crippen molar-refractivity contribution in [3.63, 3.8) is 0 Å². The molecule has 2 rings (SSSR count). The standard InChI is InChI=1S/C13H12ClN3O/c1-9(18)16-13-7-6-12(8-15-13)17-11-4-2-10(14)3-5-11/h2-8,17H,1H3,(H,15,16,18). The van der Waals surface area contributed by atoms with Crippen molar-refractivity contribution in [2.45, 2.75) is 6.92 Å². The summed E-state index contributed by atoms with van der Waals surface area (Å²) < 4.78 is 0. The number of benzene rings is 1. The first-order chi connectivity index (χ1) is 8.63. The lowest BCUT2D eigenvalue weighted by Gasteiger charge is -2.07. The van der Waals surface area contributed by atoms with Crippen LogP contribution in [0.2, 0.25) is 5.02 Å². The number of carbonyl (C=O) groups excluding carboxylic acids is 1. The lowest BCUT2D eigenvalue weighted by molar-refractivity contribution is -0.114. The monoisotopic (exact) mass is 261 g/mol. The smallest absolute Gasteiger partial charge is 0.222 e. The molecule has 1 aromatic carbocycles. The summed E-state index contributed by atoms with van der Waals surface area (Å²) >= 11 is 5.80. The minimum atomic E-state index is -0.138. The van der Waals surface area contributed by atoms with E-state index in [-0.39, 0.29) is 5.91 Å². The molecule has 0 aliphatic rings. The third-order valence-electron chi connectivity index (χ3n) is 2.20. The van der Waals surface area contributed by atoms with E-state index in [4.69, 9.17) is 11.6 Å². The van der Waals surface area contributed by atoms with Gasteiger partial charge in [0.05, 0.1) is 11.9 Å². The van der Waals surface area contributed by atoms with Crippen molar-refractivity contribution in [2.24, 2.45) is 0 Å². The van der Waals surface area contributed by atoms with Gasteiger partial charge in [0, 0.05) is 17.6 Å². The second kappa shape index (κ2) is 5.51. The minimum absolute atomic E-state index is 0.138. The topological polar surface area (TPSA) is 54.0 Å². The largest absolute Gasteiger partial charge is 0.354 e. The number of halogens is 1. The molecule has 0 spiro atoms. The van der Waals surface area contributed by atoms with E-state index in [1.807, 2.05) is 30.3 Å². The SMILES string of the molecule is CC(=O)Nc1ccc(Nc2ccc(Cl)cc2)cn1. The summed E-state index contributed by atoms with van der Waals surface area (Å²) in [6.07, 6.45) is 1.65. The highest BCUT2D eigenvalue weighted by molar-refractivity contribution is 6.30. The zero-order chi connectivity index (χ0) is 13.0. The predicted octanol–water partition coefficient (Wildman–Crippen LogP) is 3.44. The summed E-state index contributed by atoms with van der Waals surface area (Å²) in [6, 6.07) is 11.0. The first kappa shape index (κ1) is 12.4. The van der Waals surface area contributed by atoms with E-state index in [0.29, 0.717) is 10.8 Å². The fourth-order valence-corrected chi connectivity index (χ4v) is 1.55. The van der Waals surface area contributed by atoms with E-state index in [1.165, 1.54) is 6.92 Å². The van der Waals surface area contributed by atoms with Gasteiger partial charge in [-0.05, 0) is 36.4 Å². The first-order valence-corrected chi connectivity index (χ1v) is 5.77. The average Bonchev–Trinajstić information content (AvgIpc) is 2.34. The van der Waals surface area contributed by atoms with Gasteiger partial charge in [-0.1, -0.05) is 11.6 Å². The summed E-state index contributed by atoms with van der Waals surface area (Å²) in [5, 5.41) is 6.48. The Morgan fingerprint density at radius 2 is 1.78 bits per heavy atom. The Labute approximate surface area is 110 Å². The van der Waals surface area contributed by atoms with Crippen LogP contribution in [0.3, 0.4) is 0 Å². The maximum atomic E-state index is 10.8. The van der Waals surface area contributed by atoms with Gasteiger partial charge in [0.25, 0.3) is 0 Å². The van der Waals surface area contributed by atoms with Crippen molar-refractivity contribution >= 4 is 34.7 Å². The summed E-state index contributed by atoms with van der Waals surface area (Å²) in [4.78, 5) is 15.0. The van der Waals surface area contributed by atoms with Crippen molar-refractivity contribution in [3.05, 3.63) is 47.6 Å². The quantitative estimate of drug-likeness (QED) is 0.890. The van der Waals surface area contributed by atoms with E-state index in [9.17, 15) is 4.79 Å². The summed E-state index contributed by atoms with van der Waals surface area (Å²) in [5.41, 5.74) is 1.76. The Bertz CT molecular complexity index is 537. The minimum Gasteiger partial charge on any atom is -0.354 e. The van der Waals surface area contributed by atoms with E-state index < -0.39 is 0 Å². The molecule has 1 amide bonds. The molecule has 0 aliphatic carbocycles. The number of aromatic nitrogens is 1. The van der Waals surface area contributed by atoms with Crippen molar-refractivity contribution in [3.8, 4) is 0 Å². The Morgan fingerprint density at radius 1 is 1.11 bits per heavy atom. The van der Waals surface area contributed by atoms with Gasteiger partial charge in [-0.2, -0.15) is 0 Å². The molecule has 0 aliphatic heterocycles. The Kier molecular flexibility index (Phi) is 3.79. The number of nitrogens with zero attached hydrogens (tertiary/aromatic N) is 1. The zero-order valence-corrected chi connectivity index (χ0v) is 10.5. The molecular formula is C13H12ClN3O. The number of nitrogens with one attached hydrogen (secondary N) is 2. The highest BCUT2D eigenvalue weighted by atomic mass is 35.5. The van der Waals surface area contributed by atoms with Crippen molar-refractivity contribution < 1.29 is 4.79 Å². The molecular weight excluding hydrogens is 250 g/mol. The number of hydrogen-bond acceptors (Lipinski definition) is 3. The van der Waals surface area contributed by atoms with Crippen LogP contribution in [0.5, 0.6) is 0 Å². The summed E-state index contributed by atoms with van der Waals surface area (Å²) in [7, 11) is 0. The molecule has 1 heterocycles. The van der Waals surface area contributed by atoms with Crippen LogP contribution in [-0.2, 0) is 4.79 Å². The van der Waals surface area contributed by atoms with Gasteiger partial charge in [0.1, 0.15) is 5.82 Å². The fourth-order valence-electron chi connectivity index (χ4n) is 1.42. The molecule has 2 aromatic rings. The van der Waals surface area contributed by atoms with Gasteiger partial charge in [-0.3, -0.25) is 4.79 Å². The number of hydrogen-bond donors (Lipinski definition) is 2. The molecule has 0 unspecified atom stereocenters. The van der Waals surface area contributed by atoms with E-state index in [1.54, 1.807) is 12.3 Å². The Balaban J connectivity index is 2.06. The maximum absolute atomic E-state index is 10.8. The second-order valence-corrected chi connectivity index (χ2v) is 4.18. The average molecular weight is 262 g/mol. The Hall–Kier alpha value is -2.07. The van der Waals surface area contributed by atoms with E-state index in [2.05, 4.69) is 15.6 Å². The number of anilines is 3. The number of rotatable bonds is 3. The van der Waals surface area contributed by atoms with Crippen LogP contribution in [0.4, 0.5) is 17.2 Å². The van der Waals surface area contributed by atoms with Crippen LogP contribution in [0, 0.1) is 0 Å². The van der Waals surface area contributed by atoms with Gasteiger partial charge in [0.15, 0.2) is 0 Å². The third kappa shape index (κ3) is 3.46. The lowest BCUT2D eigenvalue weighted by atomic mass is 10.3. The van der Waals surface area contributed by atoms with Gasteiger partial charge in [-0.15, -0.1) is 0 Å². The number of amides is 1. The van der Waals surface area contributed by atoms with Crippen molar-refractivity contribution in [1.82, 2.24) is 4.98 Å². The highest BCUT2D eigenvalue weighted by Crippen LogP contribution is 2.19. The van der Waals surface area contributed by atoms with Gasteiger partial charge >= 0.3 is 0 Å². The number of carbonyl (C=O) groups is 1.